The van der Waals surface area contributed by atoms with Gasteiger partial charge in [0.05, 0.1) is 8.45 Å². The molecule has 0 bridgehead atoms. The van der Waals surface area contributed by atoms with Crippen molar-refractivity contribution in [2.75, 3.05) is 5.32 Å². The van der Waals surface area contributed by atoms with E-state index in [-0.39, 0.29) is 11.7 Å². The molecule has 0 radical (unpaired) electrons. The Bertz CT molecular complexity index is 507. The molecular weight excluding hydrogens is 337 g/mol. The SMILES string of the molecule is O=C(Nc1ccc(O)cc1)c1csc(I)c1. The van der Waals surface area contributed by atoms with Gasteiger partial charge in [-0.25, -0.2) is 0 Å². The lowest BCUT2D eigenvalue weighted by atomic mass is 10.2. The van der Waals surface area contributed by atoms with Gasteiger partial charge in [0, 0.05) is 11.1 Å². The van der Waals surface area contributed by atoms with E-state index in [2.05, 4.69) is 27.9 Å². The lowest BCUT2D eigenvalue weighted by Gasteiger charge is -2.03. The third-order valence-corrected chi connectivity index (χ3v) is 3.74. The molecule has 2 aromatic rings. The summed E-state index contributed by atoms with van der Waals surface area (Å²) in [6.07, 6.45) is 0. The maximum Gasteiger partial charge on any atom is 0.256 e. The standard InChI is InChI=1S/C11H8INO2S/c12-10-5-7(6-16-10)11(15)13-8-1-3-9(14)4-2-8/h1-6,14H,(H,13,15). The molecule has 0 fully saturated rings. The van der Waals surface area contributed by atoms with Crippen molar-refractivity contribution in [1.82, 2.24) is 0 Å². The molecule has 16 heavy (non-hydrogen) atoms. The molecular formula is C11H8INO2S. The zero-order valence-electron chi connectivity index (χ0n) is 8.11. The molecule has 0 aliphatic heterocycles. The molecule has 82 valence electrons. The summed E-state index contributed by atoms with van der Waals surface area (Å²) >= 11 is 3.71. The van der Waals surface area contributed by atoms with E-state index in [1.807, 2.05) is 11.4 Å². The van der Waals surface area contributed by atoms with Gasteiger partial charge in [0.2, 0.25) is 0 Å². The normalized spacial score (nSPS) is 10.1. The minimum atomic E-state index is -0.134. The number of phenols is 1. The van der Waals surface area contributed by atoms with Crippen LogP contribution in [0.25, 0.3) is 0 Å². The van der Waals surface area contributed by atoms with Crippen LogP contribution in [0, 0.1) is 2.88 Å². The third-order valence-electron chi connectivity index (χ3n) is 1.95. The summed E-state index contributed by atoms with van der Waals surface area (Å²) in [5, 5.41) is 13.7. The molecule has 0 unspecified atom stereocenters. The zero-order valence-corrected chi connectivity index (χ0v) is 11.1. The molecule has 3 nitrogen and oxygen atoms in total. The largest absolute Gasteiger partial charge is 0.508 e. The Hall–Kier alpha value is -1.08. The predicted molar refractivity (Wildman–Crippen MR) is 73.1 cm³/mol. The van der Waals surface area contributed by atoms with Crippen molar-refractivity contribution in [1.29, 1.82) is 0 Å². The lowest BCUT2D eigenvalue weighted by molar-refractivity contribution is 0.102. The summed E-state index contributed by atoms with van der Waals surface area (Å²) in [6.45, 7) is 0. The second-order valence-corrected chi connectivity index (χ2v) is 5.95. The van der Waals surface area contributed by atoms with Gasteiger partial charge in [-0.2, -0.15) is 0 Å². The summed E-state index contributed by atoms with van der Waals surface area (Å²) < 4.78 is 1.08. The molecule has 2 N–H and O–H groups in total. The first-order valence-corrected chi connectivity index (χ1v) is 6.45. The average molecular weight is 345 g/mol. The van der Waals surface area contributed by atoms with E-state index >= 15 is 0 Å². The molecule has 5 heteroatoms. The Kier molecular flexibility index (Phi) is 3.45. The number of anilines is 1. The molecule has 1 aromatic carbocycles. The number of benzene rings is 1. The van der Waals surface area contributed by atoms with Gasteiger partial charge in [-0.3, -0.25) is 4.79 Å². The van der Waals surface area contributed by atoms with E-state index in [0.29, 0.717) is 11.3 Å². The number of hydrogen-bond acceptors (Lipinski definition) is 3. The van der Waals surface area contributed by atoms with Crippen molar-refractivity contribution in [3.63, 3.8) is 0 Å². The Morgan fingerprint density at radius 1 is 1.31 bits per heavy atom. The van der Waals surface area contributed by atoms with E-state index in [9.17, 15) is 4.79 Å². The maximum absolute atomic E-state index is 11.7. The minimum absolute atomic E-state index is 0.134. The van der Waals surface area contributed by atoms with Crippen molar-refractivity contribution in [2.45, 2.75) is 0 Å². The van der Waals surface area contributed by atoms with Crippen LogP contribution in [0.5, 0.6) is 5.75 Å². The van der Waals surface area contributed by atoms with Crippen LogP contribution in [0.15, 0.2) is 35.7 Å². The van der Waals surface area contributed by atoms with Crippen LogP contribution in [0.3, 0.4) is 0 Å². The second kappa shape index (κ2) is 4.84. The van der Waals surface area contributed by atoms with Crippen LogP contribution in [0.2, 0.25) is 0 Å². The fourth-order valence-corrected chi connectivity index (χ4v) is 2.50. The molecule has 1 amide bonds. The number of aromatic hydroxyl groups is 1. The van der Waals surface area contributed by atoms with Gasteiger partial charge in [0.1, 0.15) is 5.75 Å². The fraction of sp³-hybridized carbons (Fsp3) is 0. The van der Waals surface area contributed by atoms with Crippen molar-refractivity contribution >= 4 is 45.5 Å². The smallest absolute Gasteiger partial charge is 0.256 e. The highest BCUT2D eigenvalue weighted by Crippen LogP contribution is 2.19. The maximum atomic E-state index is 11.7. The number of nitrogens with one attached hydrogen (secondary N) is 1. The summed E-state index contributed by atoms with van der Waals surface area (Å²) in [7, 11) is 0. The molecule has 1 heterocycles. The number of halogens is 1. The van der Waals surface area contributed by atoms with Gasteiger partial charge in [-0.15, -0.1) is 11.3 Å². The predicted octanol–water partition coefficient (Wildman–Crippen LogP) is 3.31. The van der Waals surface area contributed by atoms with Crippen LogP contribution in [-0.2, 0) is 0 Å². The Balaban J connectivity index is 2.10. The summed E-state index contributed by atoms with van der Waals surface area (Å²) in [6, 6.07) is 8.22. The number of hydrogen-bond donors (Lipinski definition) is 2. The summed E-state index contributed by atoms with van der Waals surface area (Å²) in [5.41, 5.74) is 1.33. The monoisotopic (exact) mass is 345 g/mol. The van der Waals surface area contributed by atoms with Crippen LogP contribution >= 0.6 is 33.9 Å². The van der Waals surface area contributed by atoms with Gasteiger partial charge < -0.3 is 10.4 Å². The summed E-state index contributed by atoms with van der Waals surface area (Å²) in [5.74, 6) is 0.0490. The molecule has 0 aliphatic rings. The number of carbonyl (C=O) groups excluding carboxylic acids is 1. The van der Waals surface area contributed by atoms with Crippen molar-refractivity contribution < 1.29 is 9.90 Å². The molecule has 1 aromatic heterocycles. The fourth-order valence-electron chi connectivity index (χ4n) is 1.18. The van der Waals surface area contributed by atoms with E-state index in [4.69, 9.17) is 5.11 Å². The third kappa shape index (κ3) is 2.73. The first-order valence-electron chi connectivity index (χ1n) is 4.49. The number of rotatable bonds is 2. The van der Waals surface area contributed by atoms with Crippen molar-refractivity contribution in [3.8, 4) is 5.75 Å². The molecule has 2 rings (SSSR count). The van der Waals surface area contributed by atoms with Gasteiger partial charge in [0.25, 0.3) is 5.91 Å². The van der Waals surface area contributed by atoms with Gasteiger partial charge in [-0.1, -0.05) is 0 Å². The van der Waals surface area contributed by atoms with Gasteiger partial charge in [-0.05, 0) is 52.9 Å². The van der Waals surface area contributed by atoms with Crippen LogP contribution < -0.4 is 5.32 Å². The van der Waals surface area contributed by atoms with Gasteiger partial charge in [0.15, 0.2) is 0 Å². The van der Waals surface area contributed by atoms with Crippen molar-refractivity contribution in [3.05, 3.63) is 44.2 Å². The van der Waals surface area contributed by atoms with E-state index in [1.165, 1.54) is 23.5 Å². The molecule has 0 saturated carbocycles. The summed E-state index contributed by atoms with van der Waals surface area (Å²) in [4.78, 5) is 11.7. The topological polar surface area (TPSA) is 49.3 Å². The Morgan fingerprint density at radius 2 is 2.00 bits per heavy atom. The molecule has 0 atom stereocenters. The molecule has 0 saturated heterocycles. The highest BCUT2D eigenvalue weighted by atomic mass is 127. The number of carbonyl (C=O) groups is 1. The Morgan fingerprint density at radius 3 is 2.56 bits per heavy atom. The minimum Gasteiger partial charge on any atom is -0.508 e. The number of amides is 1. The van der Waals surface area contributed by atoms with Gasteiger partial charge >= 0.3 is 0 Å². The molecule has 0 spiro atoms. The van der Waals surface area contributed by atoms with Crippen LogP contribution in [0.4, 0.5) is 5.69 Å². The highest BCUT2D eigenvalue weighted by Gasteiger charge is 2.07. The molecule has 0 aliphatic carbocycles. The first-order chi connectivity index (χ1) is 7.65. The lowest BCUT2D eigenvalue weighted by Crippen LogP contribution is -2.10. The number of thiophene rings is 1. The second-order valence-electron chi connectivity index (χ2n) is 3.14. The quantitative estimate of drug-likeness (QED) is 0.648. The van der Waals surface area contributed by atoms with E-state index < -0.39 is 0 Å². The zero-order chi connectivity index (χ0) is 11.5. The number of phenolic OH excluding ortho intramolecular Hbond substituents is 1. The van der Waals surface area contributed by atoms with Crippen LogP contribution in [0.1, 0.15) is 10.4 Å². The van der Waals surface area contributed by atoms with E-state index in [1.54, 1.807) is 12.1 Å². The highest BCUT2D eigenvalue weighted by molar-refractivity contribution is 14.1. The average Bonchev–Trinajstić information content (AvgIpc) is 2.68. The Labute approximate surface area is 110 Å². The van der Waals surface area contributed by atoms with Crippen LogP contribution in [-0.4, -0.2) is 11.0 Å². The van der Waals surface area contributed by atoms with Crippen molar-refractivity contribution in [2.24, 2.45) is 0 Å². The first kappa shape index (κ1) is 11.4. The van der Waals surface area contributed by atoms with E-state index in [0.717, 1.165) is 2.88 Å².